The van der Waals surface area contributed by atoms with Gasteiger partial charge in [0.05, 0.1) is 11.4 Å². The molecule has 6 heteroatoms. The van der Waals surface area contributed by atoms with Crippen molar-refractivity contribution in [1.82, 2.24) is 9.97 Å². The Morgan fingerprint density at radius 3 is 1.92 bits per heavy atom. The highest BCUT2D eigenvalue weighted by Gasteiger charge is 2.49. The van der Waals surface area contributed by atoms with E-state index in [0.717, 1.165) is 39.9 Å². The third-order valence-electron chi connectivity index (χ3n) is 10.1. The van der Waals surface area contributed by atoms with Crippen LogP contribution in [0.15, 0.2) is 188 Å². The van der Waals surface area contributed by atoms with E-state index >= 15 is 0 Å². The second-order valence-corrected chi connectivity index (χ2v) is 17.8. The molecule has 0 spiro atoms. The minimum absolute atomic E-state index is 0.754. The van der Waals surface area contributed by atoms with E-state index in [-0.39, 0.29) is 0 Å². The van der Waals surface area contributed by atoms with Crippen molar-refractivity contribution in [3.8, 4) is 22.8 Å². The van der Waals surface area contributed by atoms with E-state index in [1.165, 1.54) is 40.9 Å². The zero-order valence-corrected chi connectivity index (χ0v) is 29.9. The van der Waals surface area contributed by atoms with Gasteiger partial charge >= 0.3 is 0 Å². The Bertz CT molecular complexity index is 2680. The Morgan fingerprint density at radius 1 is 0.481 bits per heavy atom. The van der Waals surface area contributed by atoms with Gasteiger partial charge in [-0.3, -0.25) is 9.88 Å². The van der Waals surface area contributed by atoms with Crippen molar-refractivity contribution in [2.75, 3.05) is 4.90 Å². The number of hydrogen-bond acceptors (Lipinski definition) is 5. The van der Waals surface area contributed by atoms with Crippen LogP contribution in [-0.2, 0) is 0 Å². The van der Waals surface area contributed by atoms with Crippen LogP contribution in [0.25, 0.3) is 31.4 Å². The molecule has 1 aliphatic heterocycles. The van der Waals surface area contributed by atoms with Gasteiger partial charge in [0.2, 0.25) is 0 Å². The van der Waals surface area contributed by atoms with Crippen LogP contribution >= 0.6 is 11.3 Å². The second kappa shape index (κ2) is 12.5. The molecular weight excluding hydrogens is 671 g/mol. The minimum atomic E-state index is -2.91. The fraction of sp³-hybridized carbons (Fsp3) is 0. The third kappa shape index (κ3) is 4.87. The number of hydrogen-bond donors (Lipinski definition) is 0. The Balaban J connectivity index is 1.27. The maximum Gasteiger partial charge on any atom is 0.184 e. The van der Waals surface area contributed by atoms with E-state index in [1.807, 2.05) is 60.1 Å². The number of pyridine rings is 2. The number of anilines is 3. The van der Waals surface area contributed by atoms with Crippen LogP contribution in [0.3, 0.4) is 0 Å². The van der Waals surface area contributed by atoms with Gasteiger partial charge in [0.25, 0.3) is 0 Å². The van der Waals surface area contributed by atoms with Gasteiger partial charge < -0.3 is 4.74 Å². The Kier molecular flexibility index (Phi) is 7.30. The summed E-state index contributed by atoms with van der Waals surface area (Å²) in [6, 6.07) is 62.8. The summed E-state index contributed by atoms with van der Waals surface area (Å²) in [5, 5.41) is 7.83. The molecule has 246 valence electrons. The first-order chi connectivity index (χ1) is 25.8. The Labute approximate surface area is 306 Å². The van der Waals surface area contributed by atoms with Crippen LogP contribution in [0.4, 0.5) is 17.2 Å². The molecule has 1 aliphatic rings. The average molecular weight is 702 g/mol. The fourth-order valence-electron chi connectivity index (χ4n) is 7.88. The van der Waals surface area contributed by atoms with Crippen LogP contribution < -0.4 is 30.4 Å². The first-order valence-corrected chi connectivity index (χ1v) is 20.2. The average Bonchev–Trinajstić information content (AvgIpc) is 3.58. The lowest BCUT2D eigenvalue weighted by atomic mass is 10.1. The van der Waals surface area contributed by atoms with Gasteiger partial charge in [0, 0.05) is 49.9 Å². The van der Waals surface area contributed by atoms with Crippen molar-refractivity contribution in [2.24, 2.45) is 0 Å². The molecule has 3 aromatic heterocycles. The summed E-state index contributed by atoms with van der Waals surface area (Å²) in [5.41, 5.74) is 4.13. The molecule has 0 atom stereocenters. The molecular formula is C46H31N3OSSi. The molecule has 0 radical (unpaired) electrons. The summed E-state index contributed by atoms with van der Waals surface area (Å²) < 4.78 is 9.30. The molecule has 0 aliphatic carbocycles. The van der Waals surface area contributed by atoms with Crippen LogP contribution in [0.1, 0.15) is 0 Å². The van der Waals surface area contributed by atoms with Crippen molar-refractivity contribution in [1.29, 1.82) is 0 Å². The number of aromatic nitrogens is 2. The maximum atomic E-state index is 6.72. The van der Waals surface area contributed by atoms with E-state index < -0.39 is 8.07 Å². The largest absolute Gasteiger partial charge is 0.457 e. The molecule has 10 rings (SSSR count). The number of fused-ring (bicyclic) bond motifs is 5. The summed E-state index contributed by atoms with van der Waals surface area (Å²) in [5.74, 6) is 2.37. The first kappa shape index (κ1) is 30.5. The molecule has 0 fully saturated rings. The normalized spacial score (nSPS) is 13.1. The predicted molar refractivity (Wildman–Crippen MR) is 219 cm³/mol. The van der Waals surface area contributed by atoms with Crippen LogP contribution in [0.2, 0.25) is 0 Å². The zero-order valence-electron chi connectivity index (χ0n) is 28.1. The van der Waals surface area contributed by atoms with E-state index in [4.69, 9.17) is 9.72 Å². The second-order valence-electron chi connectivity index (χ2n) is 13.0. The summed E-state index contributed by atoms with van der Waals surface area (Å²) in [6.45, 7) is 0. The molecule has 52 heavy (non-hydrogen) atoms. The first-order valence-electron chi connectivity index (χ1n) is 17.4. The van der Waals surface area contributed by atoms with Crippen molar-refractivity contribution in [2.45, 2.75) is 0 Å². The lowest BCUT2D eigenvalue weighted by molar-refractivity contribution is 0.483. The molecule has 0 N–H and O–H groups in total. The van der Waals surface area contributed by atoms with Gasteiger partial charge in [-0.05, 0) is 81.4 Å². The van der Waals surface area contributed by atoms with E-state index in [0.29, 0.717) is 0 Å². The van der Waals surface area contributed by atoms with Crippen LogP contribution in [0.5, 0.6) is 11.5 Å². The quantitative estimate of drug-likeness (QED) is 0.162. The van der Waals surface area contributed by atoms with Crippen molar-refractivity contribution >= 4 is 77.5 Å². The van der Waals surface area contributed by atoms with E-state index in [9.17, 15) is 0 Å². The van der Waals surface area contributed by atoms with Crippen molar-refractivity contribution in [3.63, 3.8) is 0 Å². The summed E-state index contributed by atoms with van der Waals surface area (Å²) in [4.78, 5) is 11.9. The Morgan fingerprint density at radius 2 is 1.17 bits per heavy atom. The highest BCUT2D eigenvalue weighted by atomic mass is 32.1. The predicted octanol–water partition coefficient (Wildman–Crippen LogP) is 9.46. The molecule has 9 aromatic rings. The lowest BCUT2D eigenvalue weighted by Crippen LogP contribution is -2.77. The molecule has 4 nitrogen and oxygen atoms in total. The van der Waals surface area contributed by atoms with Crippen LogP contribution in [-0.4, -0.2) is 18.0 Å². The van der Waals surface area contributed by atoms with Crippen molar-refractivity contribution in [3.05, 3.63) is 188 Å². The van der Waals surface area contributed by atoms with Gasteiger partial charge in [-0.1, -0.05) is 109 Å². The Hall–Kier alpha value is -6.34. The number of benzene rings is 6. The highest BCUT2D eigenvalue weighted by Crippen LogP contribution is 2.43. The number of thiophene rings is 1. The topological polar surface area (TPSA) is 38.2 Å². The summed E-state index contributed by atoms with van der Waals surface area (Å²) >= 11 is 1.87. The van der Waals surface area contributed by atoms with E-state index in [2.05, 4.69) is 149 Å². The standard InChI is InChI=1S/C46H31N3OSSi/c1-3-16-35(17-4-1)52(36-18-5-2-6-19-36)44-25-24-34(50-33-15-13-14-32(28-33)39-21-9-11-26-47-39)29-40(44)49(46-23-10-12-27-48-46)41-30-38-37-20-7-8-22-42(37)51-43(38)31-45(41)52/h1-31H. The monoisotopic (exact) mass is 701 g/mol. The summed E-state index contributed by atoms with van der Waals surface area (Å²) in [6.07, 6.45) is 3.70. The van der Waals surface area contributed by atoms with Gasteiger partial charge in [-0.2, -0.15) is 0 Å². The maximum absolute atomic E-state index is 6.72. The molecule has 6 aromatic carbocycles. The van der Waals surface area contributed by atoms with Crippen LogP contribution in [0, 0.1) is 0 Å². The molecule has 0 saturated carbocycles. The number of rotatable bonds is 6. The molecule has 0 amide bonds. The molecule has 0 bridgehead atoms. The van der Waals surface area contributed by atoms with E-state index in [1.54, 1.807) is 0 Å². The van der Waals surface area contributed by atoms with Crippen molar-refractivity contribution < 1.29 is 4.74 Å². The number of ether oxygens (including phenoxy) is 1. The molecule has 0 saturated heterocycles. The molecule has 0 unspecified atom stereocenters. The number of nitrogens with zero attached hydrogens (tertiary/aromatic N) is 3. The minimum Gasteiger partial charge on any atom is -0.457 e. The molecule has 4 heterocycles. The lowest BCUT2D eigenvalue weighted by Gasteiger charge is -2.44. The van der Waals surface area contributed by atoms with Gasteiger partial charge in [-0.25, -0.2) is 4.98 Å². The van der Waals surface area contributed by atoms with Gasteiger partial charge in [0.15, 0.2) is 8.07 Å². The smallest absolute Gasteiger partial charge is 0.184 e. The third-order valence-corrected chi connectivity index (χ3v) is 16.0. The van der Waals surface area contributed by atoms with Gasteiger partial charge in [0.1, 0.15) is 17.3 Å². The SMILES string of the molecule is c1ccc([Si]2(c3ccccc3)c3ccc(Oc4cccc(-c5ccccn5)c4)cc3N(c3ccccn3)c3cc4c(cc32)sc2ccccc24)cc1. The fourth-order valence-corrected chi connectivity index (χ4v) is 14.2. The zero-order chi connectivity index (χ0) is 34.5. The highest BCUT2D eigenvalue weighted by molar-refractivity contribution is 7.26. The van der Waals surface area contributed by atoms with Gasteiger partial charge in [-0.15, -0.1) is 11.3 Å². The summed E-state index contributed by atoms with van der Waals surface area (Å²) in [7, 11) is -2.91.